The van der Waals surface area contributed by atoms with Crippen LogP contribution >= 0.6 is 27.3 Å². The molecule has 5 rings (SSSR count). The highest BCUT2D eigenvalue weighted by Crippen LogP contribution is 2.42. The van der Waals surface area contributed by atoms with Crippen LogP contribution in [0.25, 0.3) is 6.08 Å². The molecule has 0 amide bonds. The third kappa shape index (κ3) is 6.15. The predicted molar refractivity (Wildman–Crippen MR) is 171 cm³/mol. The van der Waals surface area contributed by atoms with Crippen molar-refractivity contribution >= 4 is 39.3 Å². The van der Waals surface area contributed by atoms with Gasteiger partial charge in [-0.15, -0.1) is 0 Å². The topological polar surface area (TPSA) is 97.6 Å². The van der Waals surface area contributed by atoms with Crippen molar-refractivity contribution in [3.05, 3.63) is 113 Å². The molecular formula is C33H31BrN2O7S. The summed E-state index contributed by atoms with van der Waals surface area (Å²) in [7, 11) is 4.53. The SMILES string of the molecule is CCOC(=O)C1=C(C)N=c2s/c(=C\c3cc(Br)ccc3OCc3ccccc3)c(=O)n2[C@H]1c1cc(OC)c(OC)c(OC)c1. The molecule has 3 aromatic carbocycles. The summed E-state index contributed by atoms with van der Waals surface area (Å²) in [6, 6.07) is 18.1. The zero-order valence-electron chi connectivity index (χ0n) is 24.9. The Morgan fingerprint density at radius 1 is 1.00 bits per heavy atom. The Morgan fingerprint density at radius 3 is 2.34 bits per heavy atom. The average Bonchev–Trinajstić information content (AvgIpc) is 3.33. The van der Waals surface area contributed by atoms with Crippen LogP contribution in [0.3, 0.4) is 0 Å². The number of thiazole rings is 1. The number of hydrogen-bond donors (Lipinski definition) is 0. The highest BCUT2D eigenvalue weighted by Gasteiger charge is 2.34. The highest BCUT2D eigenvalue weighted by molar-refractivity contribution is 9.10. The van der Waals surface area contributed by atoms with E-state index in [0.29, 0.717) is 55.8 Å². The maximum atomic E-state index is 14.2. The molecule has 0 spiro atoms. The van der Waals surface area contributed by atoms with Crippen molar-refractivity contribution in [3.8, 4) is 23.0 Å². The van der Waals surface area contributed by atoms with E-state index < -0.39 is 12.0 Å². The van der Waals surface area contributed by atoms with Gasteiger partial charge in [-0.3, -0.25) is 9.36 Å². The molecule has 0 saturated heterocycles. The molecule has 0 unspecified atom stereocenters. The van der Waals surface area contributed by atoms with Gasteiger partial charge in [-0.05, 0) is 61.4 Å². The summed E-state index contributed by atoms with van der Waals surface area (Å²) < 4.78 is 31.0. The Kier molecular flexibility index (Phi) is 9.55. The van der Waals surface area contributed by atoms with Crippen molar-refractivity contribution < 1.29 is 28.5 Å². The smallest absolute Gasteiger partial charge is 0.338 e. The number of nitrogens with zero attached hydrogens (tertiary/aromatic N) is 2. The zero-order valence-corrected chi connectivity index (χ0v) is 27.3. The molecule has 0 aliphatic carbocycles. The van der Waals surface area contributed by atoms with Crippen LogP contribution in [0.2, 0.25) is 0 Å². The van der Waals surface area contributed by atoms with Gasteiger partial charge < -0.3 is 23.7 Å². The van der Waals surface area contributed by atoms with E-state index in [1.165, 1.54) is 37.2 Å². The van der Waals surface area contributed by atoms with Gasteiger partial charge in [-0.2, -0.15) is 0 Å². The Hall–Kier alpha value is -4.35. The first-order valence-corrected chi connectivity index (χ1v) is 15.4. The van der Waals surface area contributed by atoms with Crippen LogP contribution < -0.4 is 33.8 Å². The van der Waals surface area contributed by atoms with Gasteiger partial charge in [0.25, 0.3) is 5.56 Å². The first kappa shape index (κ1) is 31.1. The molecule has 0 bridgehead atoms. The molecule has 0 N–H and O–H groups in total. The Balaban J connectivity index is 1.69. The highest BCUT2D eigenvalue weighted by atomic mass is 79.9. The summed E-state index contributed by atoms with van der Waals surface area (Å²) in [5.74, 6) is 1.22. The number of rotatable bonds is 10. The number of methoxy groups -OCH3 is 3. The summed E-state index contributed by atoms with van der Waals surface area (Å²) in [4.78, 5) is 32.7. The summed E-state index contributed by atoms with van der Waals surface area (Å²) in [6.07, 6.45) is 1.78. The third-order valence-electron chi connectivity index (χ3n) is 7.02. The lowest BCUT2D eigenvalue weighted by atomic mass is 9.95. The summed E-state index contributed by atoms with van der Waals surface area (Å²) in [5.41, 5.74) is 2.67. The minimum atomic E-state index is -0.863. The number of benzene rings is 3. The number of hydrogen-bond acceptors (Lipinski definition) is 9. The summed E-state index contributed by atoms with van der Waals surface area (Å²) >= 11 is 4.77. The maximum absolute atomic E-state index is 14.2. The zero-order chi connectivity index (χ0) is 31.4. The largest absolute Gasteiger partial charge is 0.493 e. The Morgan fingerprint density at radius 2 is 1.70 bits per heavy atom. The molecule has 1 atom stereocenters. The van der Waals surface area contributed by atoms with E-state index in [1.54, 1.807) is 32.1 Å². The number of carbonyl (C=O) groups is 1. The molecule has 44 heavy (non-hydrogen) atoms. The van der Waals surface area contributed by atoms with Gasteiger partial charge >= 0.3 is 5.97 Å². The molecule has 1 aromatic heterocycles. The molecule has 2 heterocycles. The van der Waals surface area contributed by atoms with E-state index in [9.17, 15) is 9.59 Å². The average molecular weight is 680 g/mol. The van der Waals surface area contributed by atoms with Gasteiger partial charge in [0.15, 0.2) is 16.3 Å². The van der Waals surface area contributed by atoms with E-state index in [4.69, 9.17) is 23.7 Å². The van der Waals surface area contributed by atoms with Gasteiger partial charge in [0.1, 0.15) is 12.4 Å². The molecule has 1 aliphatic heterocycles. The molecule has 0 saturated carbocycles. The van der Waals surface area contributed by atoms with Gasteiger partial charge in [0.05, 0.1) is 49.8 Å². The lowest BCUT2D eigenvalue weighted by Gasteiger charge is -2.26. The van der Waals surface area contributed by atoms with Crippen LogP contribution in [0, 0.1) is 0 Å². The van der Waals surface area contributed by atoms with Gasteiger partial charge in [0.2, 0.25) is 5.75 Å². The normalized spacial score (nSPS) is 14.5. The van der Waals surface area contributed by atoms with Gasteiger partial charge in [-0.1, -0.05) is 57.6 Å². The van der Waals surface area contributed by atoms with Crippen molar-refractivity contribution in [3.63, 3.8) is 0 Å². The Bertz CT molecular complexity index is 1890. The number of carbonyl (C=O) groups excluding carboxylic acids is 1. The van der Waals surface area contributed by atoms with Crippen LogP contribution in [0.15, 0.2) is 86.2 Å². The number of esters is 1. The van der Waals surface area contributed by atoms with E-state index in [1.807, 2.05) is 48.5 Å². The van der Waals surface area contributed by atoms with E-state index in [-0.39, 0.29) is 17.7 Å². The monoisotopic (exact) mass is 678 g/mol. The van der Waals surface area contributed by atoms with Crippen molar-refractivity contribution in [1.29, 1.82) is 0 Å². The van der Waals surface area contributed by atoms with Crippen molar-refractivity contribution in [2.24, 2.45) is 4.99 Å². The quantitative estimate of drug-likeness (QED) is 0.214. The third-order valence-corrected chi connectivity index (χ3v) is 8.49. The van der Waals surface area contributed by atoms with Crippen LogP contribution in [0.1, 0.15) is 36.6 Å². The number of halogens is 1. The van der Waals surface area contributed by atoms with Crippen LogP contribution in [0.5, 0.6) is 23.0 Å². The number of allylic oxidation sites excluding steroid dienone is 1. The van der Waals surface area contributed by atoms with E-state index >= 15 is 0 Å². The molecular weight excluding hydrogens is 648 g/mol. The number of fused-ring (bicyclic) bond motifs is 1. The fraction of sp³-hybridized carbons (Fsp3) is 0.242. The van der Waals surface area contributed by atoms with Crippen molar-refractivity contribution in [2.75, 3.05) is 27.9 Å². The number of aromatic nitrogens is 1. The molecule has 9 nitrogen and oxygen atoms in total. The molecule has 4 aromatic rings. The minimum Gasteiger partial charge on any atom is -0.493 e. The molecule has 228 valence electrons. The second kappa shape index (κ2) is 13.5. The standard InChI is InChI=1S/C33H31BrN2O7S/c1-6-42-32(38)28-19(2)35-33-36(29(28)22-15-25(39-3)30(41-5)26(16-22)40-4)31(37)27(44-33)17-21-14-23(34)12-13-24(21)43-18-20-10-8-7-9-11-20/h7-17,29H,6,18H2,1-5H3/b27-17-/t29-/m0/s1. The van der Waals surface area contributed by atoms with Crippen LogP contribution in [-0.2, 0) is 16.1 Å². The first-order valence-electron chi connectivity index (χ1n) is 13.7. The van der Waals surface area contributed by atoms with Crippen LogP contribution in [-0.4, -0.2) is 38.5 Å². The maximum Gasteiger partial charge on any atom is 0.338 e. The predicted octanol–water partition coefficient (Wildman–Crippen LogP) is 5.17. The molecule has 1 aliphatic rings. The minimum absolute atomic E-state index is 0.163. The summed E-state index contributed by atoms with van der Waals surface area (Å²) in [6.45, 7) is 4.00. The molecule has 0 fully saturated rings. The fourth-order valence-corrected chi connectivity index (χ4v) is 6.42. The summed E-state index contributed by atoms with van der Waals surface area (Å²) in [5, 5.41) is 0. The van der Waals surface area contributed by atoms with E-state index in [2.05, 4.69) is 20.9 Å². The van der Waals surface area contributed by atoms with Crippen molar-refractivity contribution in [1.82, 2.24) is 4.57 Å². The molecule has 11 heteroatoms. The first-order chi connectivity index (χ1) is 21.3. The fourth-order valence-electron chi connectivity index (χ4n) is 5.01. The van der Waals surface area contributed by atoms with E-state index in [0.717, 1.165) is 10.0 Å². The second-order valence-electron chi connectivity index (χ2n) is 9.72. The second-order valence-corrected chi connectivity index (χ2v) is 11.6. The van der Waals surface area contributed by atoms with Gasteiger partial charge in [0, 0.05) is 10.0 Å². The van der Waals surface area contributed by atoms with Gasteiger partial charge in [-0.25, -0.2) is 9.79 Å². The van der Waals surface area contributed by atoms with Crippen molar-refractivity contribution in [2.45, 2.75) is 26.5 Å². The molecule has 0 radical (unpaired) electrons. The number of ether oxygens (including phenoxy) is 5. The van der Waals surface area contributed by atoms with Crippen LogP contribution in [0.4, 0.5) is 0 Å². The lowest BCUT2D eigenvalue weighted by Crippen LogP contribution is -2.40. The lowest BCUT2D eigenvalue weighted by molar-refractivity contribution is -0.139. The Labute approximate surface area is 266 Å².